The number of hydrogen-bond donors (Lipinski definition) is 3. The molecule has 1 unspecified atom stereocenters. The van der Waals surface area contributed by atoms with Gasteiger partial charge in [0.05, 0.1) is 12.7 Å². The van der Waals surface area contributed by atoms with E-state index in [-0.39, 0.29) is 6.10 Å². The molecule has 1 atom stereocenters. The summed E-state index contributed by atoms with van der Waals surface area (Å²) < 4.78 is 11.4. The van der Waals surface area contributed by atoms with Crippen molar-refractivity contribution in [1.29, 1.82) is 0 Å². The zero-order valence-corrected chi connectivity index (χ0v) is 14.7. The molecule has 0 spiro atoms. The largest absolute Gasteiger partial charge is 0.491 e. The molecular formula is C19H24N2O4. The van der Waals surface area contributed by atoms with E-state index in [4.69, 9.17) is 20.3 Å². The Labute approximate surface area is 147 Å². The monoisotopic (exact) mass is 344 g/mol. The van der Waals surface area contributed by atoms with Crippen molar-refractivity contribution >= 4 is 11.6 Å². The highest BCUT2D eigenvalue weighted by molar-refractivity contribution is 5.97. The average Bonchev–Trinajstić information content (AvgIpc) is 2.56. The molecule has 0 aromatic heterocycles. The van der Waals surface area contributed by atoms with Crippen LogP contribution in [0.3, 0.4) is 0 Å². The van der Waals surface area contributed by atoms with Crippen LogP contribution >= 0.6 is 0 Å². The zero-order valence-electron chi connectivity index (χ0n) is 14.7. The lowest BCUT2D eigenvalue weighted by Crippen LogP contribution is -2.51. The highest BCUT2D eigenvalue weighted by atomic mass is 16.5. The van der Waals surface area contributed by atoms with Gasteiger partial charge in [-0.05, 0) is 57.2 Å². The molecule has 1 amide bonds. The predicted molar refractivity (Wildman–Crippen MR) is 97.0 cm³/mol. The summed E-state index contributed by atoms with van der Waals surface area (Å²) in [5, 5.41) is 11.8. The van der Waals surface area contributed by atoms with Crippen LogP contribution in [0.5, 0.6) is 17.2 Å². The Hall–Kier alpha value is -2.57. The molecule has 134 valence electrons. The Bertz CT molecular complexity index is 712. The SMILES string of the molecule is CC(C)Oc1cccc(Oc2ccc(NC(=O)C(C)(N)CO)cc2)c1. The van der Waals surface area contributed by atoms with Crippen LogP contribution in [-0.4, -0.2) is 29.3 Å². The van der Waals surface area contributed by atoms with Gasteiger partial charge in [-0.1, -0.05) is 6.07 Å². The summed E-state index contributed by atoms with van der Waals surface area (Å²) in [6.45, 7) is 4.95. The van der Waals surface area contributed by atoms with Crippen molar-refractivity contribution in [2.45, 2.75) is 32.4 Å². The number of nitrogens with two attached hydrogens (primary N) is 1. The van der Waals surface area contributed by atoms with E-state index in [0.29, 0.717) is 17.2 Å². The Kier molecular flexibility index (Phi) is 6.01. The minimum Gasteiger partial charge on any atom is -0.491 e. The number of hydrogen-bond acceptors (Lipinski definition) is 5. The van der Waals surface area contributed by atoms with Crippen LogP contribution in [0.4, 0.5) is 5.69 Å². The summed E-state index contributed by atoms with van der Waals surface area (Å²) in [7, 11) is 0. The predicted octanol–water partition coefficient (Wildman–Crippen LogP) is 2.91. The van der Waals surface area contributed by atoms with Gasteiger partial charge in [0.2, 0.25) is 5.91 Å². The third-order valence-corrected chi connectivity index (χ3v) is 3.37. The van der Waals surface area contributed by atoms with E-state index in [1.807, 2.05) is 38.1 Å². The van der Waals surface area contributed by atoms with Crippen LogP contribution in [0.1, 0.15) is 20.8 Å². The molecule has 2 aromatic rings. The number of nitrogens with one attached hydrogen (secondary N) is 1. The Morgan fingerprint density at radius 1 is 1.16 bits per heavy atom. The first-order valence-electron chi connectivity index (χ1n) is 8.06. The average molecular weight is 344 g/mol. The van der Waals surface area contributed by atoms with Gasteiger partial charge >= 0.3 is 0 Å². The van der Waals surface area contributed by atoms with Gasteiger partial charge in [-0.15, -0.1) is 0 Å². The standard InChI is InChI=1S/C19H24N2O4/c1-13(2)24-16-5-4-6-17(11-16)25-15-9-7-14(8-10-15)21-18(23)19(3,20)12-22/h4-11,13,22H,12,20H2,1-3H3,(H,21,23). The van der Waals surface area contributed by atoms with Crippen LogP contribution in [0.2, 0.25) is 0 Å². The molecule has 0 radical (unpaired) electrons. The van der Waals surface area contributed by atoms with Gasteiger partial charge in [0.25, 0.3) is 0 Å². The molecule has 2 rings (SSSR count). The number of carbonyl (C=O) groups is 1. The molecule has 25 heavy (non-hydrogen) atoms. The first-order chi connectivity index (χ1) is 11.8. The second-order valence-electron chi connectivity index (χ2n) is 6.30. The molecule has 0 bridgehead atoms. The van der Waals surface area contributed by atoms with Crippen molar-refractivity contribution in [3.63, 3.8) is 0 Å². The Balaban J connectivity index is 2.02. The van der Waals surface area contributed by atoms with E-state index >= 15 is 0 Å². The van der Waals surface area contributed by atoms with Gasteiger partial charge in [-0.25, -0.2) is 0 Å². The summed E-state index contributed by atoms with van der Waals surface area (Å²) >= 11 is 0. The summed E-state index contributed by atoms with van der Waals surface area (Å²) in [5.74, 6) is 1.56. The maximum atomic E-state index is 11.9. The number of rotatable bonds is 7. The number of benzene rings is 2. The minimum absolute atomic E-state index is 0.0882. The Morgan fingerprint density at radius 2 is 1.80 bits per heavy atom. The summed E-state index contributed by atoms with van der Waals surface area (Å²) in [4.78, 5) is 11.9. The maximum absolute atomic E-state index is 11.9. The number of ether oxygens (including phenoxy) is 2. The van der Waals surface area contributed by atoms with Crippen LogP contribution in [-0.2, 0) is 4.79 Å². The van der Waals surface area contributed by atoms with Crippen LogP contribution in [0.15, 0.2) is 48.5 Å². The molecule has 2 aromatic carbocycles. The minimum atomic E-state index is -1.33. The molecule has 6 nitrogen and oxygen atoms in total. The fraction of sp³-hybridized carbons (Fsp3) is 0.316. The molecule has 0 fully saturated rings. The van der Waals surface area contributed by atoms with E-state index in [1.54, 1.807) is 24.3 Å². The zero-order chi connectivity index (χ0) is 18.4. The second-order valence-corrected chi connectivity index (χ2v) is 6.30. The van der Waals surface area contributed by atoms with Crippen LogP contribution < -0.4 is 20.5 Å². The van der Waals surface area contributed by atoms with Crippen LogP contribution in [0, 0.1) is 0 Å². The number of aliphatic hydroxyl groups is 1. The Morgan fingerprint density at radius 3 is 2.40 bits per heavy atom. The lowest BCUT2D eigenvalue weighted by molar-refractivity contribution is -0.121. The molecule has 0 saturated heterocycles. The summed E-state index contributed by atoms with van der Waals surface area (Å²) in [5.41, 5.74) is 4.93. The first kappa shape index (κ1) is 18.8. The fourth-order valence-electron chi connectivity index (χ4n) is 1.97. The number of amides is 1. The second kappa shape index (κ2) is 8.00. The van der Waals surface area contributed by atoms with Gasteiger partial charge in [0, 0.05) is 11.8 Å². The quantitative estimate of drug-likeness (QED) is 0.718. The van der Waals surface area contributed by atoms with Gasteiger partial charge in [-0.3, -0.25) is 4.79 Å². The van der Waals surface area contributed by atoms with Crippen molar-refractivity contribution in [2.75, 3.05) is 11.9 Å². The molecule has 0 heterocycles. The van der Waals surface area contributed by atoms with Gasteiger partial charge in [-0.2, -0.15) is 0 Å². The molecular weight excluding hydrogens is 320 g/mol. The highest BCUT2D eigenvalue weighted by Gasteiger charge is 2.27. The van der Waals surface area contributed by atoms with E-state index in [1.165, 1.54) is 6.92 Å². The van der Waals surface area contributed by atoms with Crippen molar-refractivity contribution in [2.24, 2.45) is 5.73 Å². The number of anilines is 1. The summed E-state index contributed by atoms with van der Waals surface area (Å²) in [6, 6.07) is 14.3. The molecule has 0 aliphatic rings. The van der Waals surface area contributed by atoms with Gasteiger partial charge in [0.1, 0.15) is 22.8 Å². The van der Waals surface area contributed by atoms with Crippen molar-refractivity contribution in [3.8, 4) is 17.2 Å². The molecule has 0 aliphatic carbocycles. The van der Waals surface area contributed by atoms with Crippen molar-refractivity contribution in [1.82, 2.24) is 0 Å². The van der Waals surface area contributed by atoms with Crippen LogP contribution in [0.25, 0.3) is 0 Å². The number of aliphatic hydroxyl groups excluding tert-OH is 1. The molecule has 0 saturated carbocycles. The normalized spacial score (nSPS) is 13.2. The smallest absolute Gasteiger partial charge is 0.246 e. The maximum Gasteiger partial charge on any atom is 0.246 e. The number of carbonyl (C=O) groups excluding carboxylic acids is 1. The van der Waals surface area contributed by atoms with E-state index in [9.17, 15) is 4.79 Å². The molecule has 4 N–H and O–H groups in total. The highest BCUT2D eigenvalue weighted by Crippen LogP contribution is 2.26. The molecule has 6 heteroatoms. The van der Waals surface area contributed by atoms with Crippen molar-refractivity contribution in [3.05, 3.63) is 48.5 Å². The fourth-order valence-corrected chi connectivity index (χ4v) is 1.97. The molecule has 0 aliphatic heterocycles. The van der Waals surface area contributed by atoms with E-state index in [2.05, 4.69) is 5.32 Å². The van der Waals surface area contributed by atoms with E-state index in [0.717, 1.165) is 5.75 Å². The van der Waals surface area contributed by atoms with Gasteiger partial charge < -0.3 is 25.6 Å². The van der Waals surface area contributed by atoms with E-state index < -0.39 is 18.1 Å². The van der Waals surface area contributed by atoms with Crippen molar-refractivity contribution < 1.29 is 19.4 Å². The first-order valence-corrected chi connectivity index (χ1v) is 8.06. The lowest BCUT2D eigenvalue weighted by atomic mass is 10.0. The third kappa shape index (κ3) is 5.48. The lowest BCUT2D eigenvalue weighted by Gasteiger charge is -2.20. The topological polar surface area (TPSA) is 93.8 Å². The third-order valence-electron chi connectivity index (χ3n) is 3.37. The summed E-state index contributed by atoms with van der Waals surface area (Å²) in [6.07, 6.45) is 0.0882. The van der Waals surface area contributed by atoms with Gasteiger partial charge in [0.15, 0.2) is 0 Å².